The highest BCUT2D eigenvalue weighted by atomic mass is 32.1. The predicted octanol–water partition coefficient (Wildman–Crippen LogP) is 0.917. The monoisotopic (exact) mass is 141 g/mol. The maximum absolute atomic E-state index is 10.7. The lowest BCUT2D eigenvalue weighted by Crippen LogP contribution is -2.27. The van der Waals surface area contributed by atoms with E-state index in [9.17, 15) is 5.21 Å². The number of aromatic nitrogens is 1. The van der Waals surface area contributed by atoms with Crippen LogP contribution in [0.3, 0.4) is 0 Å². The first-order valence-corrected chi connectivity index (χ1v) is 3.04. The molecule has 0 aliphatic carbocycles. The molecule has 1 aromatic rings. The molecule has 0 radical (unpaired) electrons. The van der Waals surface area contributed by atoms with Crippen molar-refractivity contribution in [2.45, 2.75) is 11.9 Å². The Hall–Kier alpha value is -0.700. The summed E-state index contributed by atoms with van der Waals surface area (Å²) < 4.78 is 0.735. The van der Waals surface area contributed by atoms with Gasteiger partial charge in [-0.05, 0) is 13.0 Å². The number of rotatable bonds is 0. The number of nitrogens with zero attached hydrogens (tertiary/aromatic N) is 1. The third-order valence-electron chi connectivity index (χ3n) is 1.13. The van der Waals surface area contributed by atoms with Gasteiger partial charge in [0.15, 0.2) is 6.20 Å². The fraction of sp³-hybridized carbons (Fsp3) is 0.167. The lowest BCUT2D eigenvalue weighted by Gasteiger charge is -1.98. The van der Waals surface area contributed by atoms with Gasteiger partial charge in [0.25, 0.3) is 5.03 Å². The van der Waals surface area contributed by atoms with E-state index in [1.54, 1.807) is 6.07 Å². The molecule has 1 rings (SSSR count). The van der Waals surface area contributed by atoms with Crippen LogP contribution in [0.4, 0.5) is 0 Å². The van der Waals surface area contributed by atoms with Crippen molar-refractivity contribution in [1.82, 2.24) is 0 Å². The largest absolute Gasteiger partial charge is 0.618 e. The summed E-state index contributed by atoms with van der Waals surface area (Å²) in [4.78, 5) is 0. The fourth-order valence-corrected chi connectivity index (χ4v) is 0.726. The highest BCUT2D eigenvalue weighted by Gasteiger charge is 1.99. The zero-order chi connectivity index (χ0) is 6.85. The summed E-state index contributed by atoms with van der Waals surface area (Å²) in [5.41, 5.74) is 0.899. The highest BCUT2D eigenvalue weighted by Crippen LogP contribution is 2.03. The second kappa shape index (κ2) is 2.27. The van der Waals surface area contributed by atoms with E-state index in [1.807, 2.05) is 13.0 Å². The van der Waals surface area contributed by atoms with Crippen molar-refractivity contribution in [3.8, 4) is 0 Å². The lowest BCUT2D eigenvalue weighted by atomic mass is 10.3. The van der Waals surface area contributed by atoms with E-state index in [4.69, 9.17) is 0 Å². The molecular formula is C6H7NOS. The summed E-state index contributed by atoms with van der Waals surface area (Å²) in [6, 6.07) is 3.54. The summed E-state index contributed by atoms with van der Waals surface area (Å²) >= 11 is 3.96. The maximum atomic E-state index is 10.7. The quantitative estimate of drug-likeness (QED) is 0.324. The van der Waals surface area contributed by atoms with E-state index in [0.717, 1.165) is 10.3 Å². The molecule has 0 spiro atoms. The summed E-state index contributed by atoms with van der Waals surface area (Å²) in [5.74, 6) is 0. The van der Waals surface area contributed by atoms with Gasteiger partial charge in [-0.15, -0.1) is 0 Å². The van der Waals surface area contributed by atoms with Gasteiger partial charge in [0.1, 0.15) is 0 Å². The van der Waals surface area contributed by atoms with Crippen LogP contribution in [-0.2, 0) is 0 Å². The van der Waals surface area contributed by atoms with Gasteiger partial charge in [-0.1, -0.05) is 12.6 Å². The Morgan fingerprint density at radius 1 is 1.67 bits per heavy atom. The number of hydrogen-bond acceptors (Lipinski definition) is 2. The van der Waals surface area contributed by atoms with Crippen LogP contribution in [0.25, 0.3) is 0 Å². The van der Waals surface area contributed by atoms with Gasteiger partial charge < -0.3 is 5.21 Å². The molecule has 9 heavy (non-hydrogen) atoms. The zero-order valence-corrected chi connectivity index (χ0v) is 5.93. The minimum atomic E-state index is 0.470. The summed E-state index contributed by atoms with van der Waals surface area (Å²) in [7, 11) is 0. The van der Waals surface area contributed by atoms with E-state index in [1.165, 1.54) is 6.20 Å². The molecule has 0 aliphatic heterocycles. The summed E-state index contributed by atoms with van der Waals surface area (Å²) in [6.07, 6.45) is 1.43. The highest BCUT2D eigenvalue weighted by molar-refractivity contribution is 7.80. The van der Waals surface area contributed by atoms with Crippen LogP contribution in [-0.4, -0.2) is 0 Å². The Morgan fingerprint density at radius 3 is 2.78 bits per heavy atom. The van der Waals surface area contributed by atoms with E-state index in [-0.39, 0.29) is 0 Å². The first-order valence-electron chi connectivity index (χ1n) is 2.59. The van der Waals surface area contributed by atoms with Gasteiger partial charge in [0.05, 0.1) is 0 Å². The lowest BCUT2D eigenvalue weighted by molar-refractivity contribution is -0.645. The molecule has 0 bridgehead atoms. The van der Waals surface area contributed by atoms with E-state index >= 15 is 0 Å². The normalized spacial score (nSPS) is 9.56. The van der Waals surface area contributed by atoms with Crippen LogP contribution in [0.5, 0.6) is 0 Å². The van der Waals surface area contributed by atoms with Crippen LogP contribution in [0.15, 0.2) is 23.4 Å². The Kier molecular flexibility index (Phi) is 1.62. The van der Waals surface area contributed by atoms with Crippen molar-refractivity contribution < 1.29 is 4.73 Å². The first kappa shape index (κ1) is 6.42. The minimum absolute atomic E-state index is 0.470. The Balaban J connectivity index is 3.25. The second-order valence-corrected chi connectivity index (χ2v) is 2.26. The van der Waals surface area contributed by atoms with Crippen LogP contribution < -0.4 is 4.73 Å². The molecular weight excluding hydrogens is 134 g/mol. The number of pyridine rings is 1. The fourth-order valence-electron chi connectivity index (χ4n) is 0.584. The summed E-state index contributed by atoms with van der Waals surface area (Å²) in [5, 5.41) is 11.2. The first-order chi connectivity index (χ1) is 4.22. The maximum Gasteiger partial charge on any atom is 0.251 e. The average Bonchev–Trinajstić information content (AvgIpc) is 1.83. The van der Waals surface area contributed by atoms with E-state index in [2.05, 4.69) is 12.6 Å². The van der Waals surface area contributed by atoms with Crippen LogP contribution in [0.2, 0.25) is 0 Å². The molecule has 1 aromatic heterocycles. The molecule has 0 aliphatic rings. The van der Waals surface area contributed by atoms with Crippen molar-refractivity contribution in [2.24, 2.45) is 0 Å². The summed E-state index contributed by atoms with van der Waals surface area (Å²) in [6.45, 7) is 1.84. The second-order valence-electron chi connectivity index (χ2n) is 1.84. The molecule has 1 heterocycles. The van der Waals surface area contributed by atoms with Gasteiger partial charge in [-0.3, -0.25) is 0 Å². The molecule has 0 atom stereocenters. The molecule has 48 valence electrons. The van der Waals surface area contributed by atoms with Gasteiger partial charge in [-0.25, -0.2) is 0 Å². The third-order valence-corrected chi connectivity index (χ3v) is 1.68. The number of aryl methyl sites for hydroxylation is 1. The molecule has 0 N–H and O–H groups in total. The third kappa shape index (κ3) is 1.16. The Bertz CT molecular complexity index is 204. The molecule has 0 aromatic carbocycles. The molecule has 0 amide bonds. The van der Waals surface area contributed by atoms with Crippen molar-refractivity contribution in [1.29, 1.82) is 0 Å². The smallest absolute Gasteiger partial charge is 0.251 e. The SMILES string of the molecule is Cc1ccc[n+]([O-])c1S. The topological polar surface area (TPSA) is 26.9 Å². The standard InChI is InChI=1S/C6H7NOS/c1-5-3-2-4-7(8)6(5)9/h2-4,9H,1H3. The molecule has 0 unspecified atom stereocenters. The molecule has 0 saturated carbocycles. The van der Waals surface area contributed by atoms with Crippen LogP contribution >= 0.6 is 12.6 Å². The molecule has 0 fully saturated rings. The predicted molar refractivity (Wildman–Crippen MR) is 37.4 cm³/mol. The van der Waals surface area contributed by atoms with E-state index < -0.39 is 0 Å². The van der Waals surface area contributed by atoms with Crippen molar-refractivity contribution in [3.63, 3.8) is 0 Å². The minimum Gasteiger partial charge on any atom is -0.618 e. The van der Waals surface area contributed by atoms with Gasteiger partial charge in [-0.2, -0.15) is 4.73 Å². The van der Waals surface area contributed by atoms with Crippen molar-refractivity contribution in [2.75, 3.05) is 0 Å². The molecule has 3 heteroatoms. The average molecular weight is 141 g/mol. The van der Waals surface area contributed by atoms with Gasteiger partial charge in [0.2, 0.25) is 0 Å². The van der Waals surface area contributed by atoms with Crippen LogP contribution in [0, 0.1) is 12.1 Å². The van der Waals surface area contributed by atoms with Crippen molar-refractivity contribution in [3.05, 3.63) is 29.1 Å². The number of hydrogen-bond donors (Lipinski definition) is 1. The zero-order valence-electron chi connectivity index (χ0n) is 5.03. The van der Waals surface area contributed by atoms with Crippen LogP contribution in [0.1, 0.15) is 5.56 Å². The van der Waals surface area contributed by atoms with Gasteiger partial charge in [0, 0.05) is 11.6 Å². The van der Waals surface area contributed by atoms with Gasteiger partial charge >= 0.3 is 0 Å². The molecule has 2 nitrogen and oxygen atoms in total. The van der Waals surface area contributed by atoms with Crippen molar-refractivity contribution >= 4 is 12.6 Å². The Labute approximate surface area is 59.1 Å². The van der Waals surface area contributed by atoms with E-state index in [0.29, 0.717) is 5.03 Å². The number of thiol groups is 1. The molecule has 0 saturated heterocycles. The Morgan fingerprint density at radius 2 is 2.33 bits per heavy atom.